The number of hydrogen-bond donors (Lipinski definition) is 1. The van der Waals surface area contributed by atoms with Crippen molar-refractivity contribution < 1.29 is 4.74 Å². The normalized spacial score (nSPS) is 26.6. The van der Waals surface area contributed by atoms with Gasteiger partial charge in [0, 0.05) is 45.8 Å². The first-order valence-electron chi connectivity index (χ1n) is 8.48. The number of nitrogens with zero attached hydrogens (tertiary/aromatic N) is 3. The van der Waals surface area contributed by atoms with Crippen LogP contribution in [0.5, 0.6) is 0 Å². The summed E-state index contributed by atoms with van der Waals surface area (Å²) in [6.07, 6.45) is 5.18. The molecular formula is C16H33IN4O. The third-order valence-corrected chi connectivity index (χ3v) is 4.78. The van der Waals surface area contributed by atoms with E-state index in [1.165, 1.54) is 32.2 Å². The third-order valence-electron chi connectivity index (χ3n) is 4.78. The lowest BCUT2D eigenvalue weighted by molar-refractivity contribution is 0.156. The molecule has 2 fully saturated rings. The lowest BCUT2D eigenvalue weighted by Crippen LogP contribution is -2.49. The molecule has 2 unspecified atom stereocenters. The van der Waals surface area contributed by atoms with Crippen LogP contribution in [-0.2, 0) is 4.74 Å². The average molecular weight is 424 g/mol. The lowest BCUT2D eigenvalue weighted by Gasteiger charge is -2.36. The van der Waals surface area contributed by atoms with Crippen molar-refractivity contribution in [3.05, 3.63) is 0 Å². The van der Waals surface area contributed by atoms with Crippen LogP contribution in [0.25, 0.3) is 0 Å². The van der Waals surface area contributed by atoms with Gasteiger partial charge in [0.05, 0.1) is 6.61 Å². The maximum atomic E-state index is 5.46. The Balaban J connectivity index is 0.00000242. The van der Waals surface area contributed by atoms with Gasteiger partial charge in [-0.25, -0.2) is 0 Å². The molecule has 6 heteroatoms. The van der Waals surface area contributed by atoms with Crippen LogP contribution in [0.4, 0.5) is 0 Å². The molecule has 0 radical (unpaired) electrons. The van der Waals surface area contributed by atoms with Gasteiger partial charge in [-0.15, -0.1) is 24.0 Å². The lowest BCUT2D eigenvalue weighted by atomic mass is 10.0. The third kappa shape index (κ3) is 5.85. The molecule has 2 rings (SSSR count). The van der Waals surface area contributed by atoms with Gasteiger partial charge < -0.3 is 15.0 Å². The van der Waals surface area contributed by atoms with Crippen LogP contribution in [0.3, 0.4) is 0 Å². The zero-order valence-electron chi connectivity index (χ0n) is 14.4. The summed E-state index contributed by atoms with van der Waals surface area (Å²) >= 11 is 0. The van der Waals surface area contributed by atoms with E-state index in [0.29, 0.717) is 12.0 Å². The Kier molecular flexibility index (Phi) is 9.66. The molecule has 2 atom stereocenters. The van der Waals surface area contributed by atoms with Crippen LogP contribution in [0, 0.1) is 5.92 Å². The molecule has 5 nitrogen and oxygen atoms in total. The van der Waals surface area contributed by atoms with Gasteiger partial charge in [0.2, 0.25) is 0 Å². The number of piperidine rings is 1. The van der Waals surface area contributed by atoms with Crippen LogP contribution in [-0.4, -0.2) is 75.3 Å². The van der Waals surface area contributed by atoms with Gasteiger partial charge in [0.15, 0.2) is 5.96 Å². The van der Waals surface area contributed by atoms with Crippen LogP contribution in [0.2, 0.25) is 0 Å². The maximum absolute atomic E-state index is 5.46. The average Bonchev–Trinajstić information content (AvgIpc) is 3.01. The van der Waals surface area contributed by atoms with Crippen molar-refractivity contribution in [3.63, 3.8) is 0 Å². The van der Waals surface area contributed by atoms with Crippen molar-refractivity contribution >= 4 is 29.9 Å². The number of hydrogen-bond acceptors (Lipinski definition) is 3. The minimum Gasteiger partial charge on any atom is -0.381 e. The fraction of sp³-hybridized carbons (Fsp3) is 0.938. The monoisotopic (exact) mass is 424 g/mol. The predicted molar refractivity (Wildman–Crippen MR) is 103 cm³/mol. The first-order valence-corrected chi connectivity index (χ1v) is 8.48. The van der Waals surface area contributed by atoms with Gasteiger partial charge in [-0.3, -0.25) is 9.89 Å². The maximum Gasteiger partial charge on any atom is 0.193 e. The first kappa shape index (κ1) is 20.0. The molecule has 0 spiro atoms. The number of nitrogens with one attached hydrogen (secondary N) is 1. The highest BCUT2D eigenvalue weighted by atomic mass is 127. The topological polar surface area (TPSA) is 40.1 Å². The van der Waals surface area contributed by atoms with E-state index in [2.05, 4.69) is 34.1 Å². The van der Waals surface area contributed by atoms with E-state index in [4.69, 9.17) is 4.74 Å². The molecule has 2 saturated heterocycles. The molecule has 0 amide bonds. The Hall–Kier alpha value is -0.0800. The standard InChI is InChI=1S/C16H32N4O.HI/c1-4-20-9-6-5-7-15(20)11-18-16(17-2)19(3)12-14-8-10-21-13-14;/h14-15H,4-13H2,1-3H3,(H,17,18);1H. The SMILES string of the molecule is CCN1CCCCC1CNC(=NC)N(C)CC1CCOC1.I. The Morgan fingerprint density at radius 3 is 2.82 bits per heavy atom. The summed E-state index contributed by atoms with van der Waals surface area (Å²) in [5.74, 6) is 1.67. The summed E-state index contributed by atoms with van der Waals surface area (Å²) in [4.78, 5) is 9.28. The zero-order chi connectivity index (χ0) is 15.1. The summed E-state index contributed by atoms with van der Waals surface area (Å²) in [6.45, 7) is 8.51. The van der Waals surface area contributed by atoms with E-state index in [-0.39, 0.29) is 24.0 Å². The molecule has 0 saturated carbocycles. The smallest absolute Gasteiger partial charge is 0.193 e. The van der Waals surface area contributed by atoms with E-state index in [1.807, 2.05) is 7.05 Å². The van der Waals surface area contributed by atoms with Crippen LogP contribution < -0.4 is 5.32 Å². The van der Waals surface area contributed by atoms with E-state index in [1.54, 1.807) is 0 Å². The largest absolute Gasteiger partial charge is 0.381 e. The van der Waals surface area contributed by atoms with Gasteiger partial charge in [0.25, 0.3) is 0 Å². The van der Waals surface area contributed by atoms with Crippen molar-refractivity contribution in [1.82, 2.24) is 15.1 Å². The molecule has 0 aromatic rings. The molecule has 2 aliphatic heterocycles. The zero-order valence-corrected chi connectivity index (χ0v) is 16.7. The number of rotatable bonds is 5. The van der Waals surface area contributed by atoms with E-state index >= 15 is 0 Å². The predicted octanol–water partition coefficient (Wildman–Crippen LogP) is 2.02. The van der Waals surface area contributed by atoms with Crippen molar-refractivity contribution in [2.75, 3.05) is 53.5 Å². The molecule has 1 N–H and O–H groups in total. The van der Waals surface area contributed by atoms with Crippen molar-refractivity contribution in [1.29, 1.82) is 0 Å². The van der Waals surface area contributed by atoms with Crippen molar-refractivity contribution in [3.8, 4) is 0 Å². The minimum absolute atomic E-state index is 0. The van der Waals surface area contributed by atoms with Gasteiger partial charge in [0.1, 0.15) is 0 Å². The minimum atomic E-state index is 0. The summed E-state index contributed by atoms with van der Waals surface area (Å²) in [7, 11) is 4.01. The van der Waals surface area contributed by atoms with E-state index in [0.717, 1.165) is 38.8 Å². The second-order valence-electron chi connectivity index (χ2n) is 6.32. The number of aliphatic imine (C=N–C) groups is 1. The second-order valence-corrected chi connectivity index (χ2v) is 6.32. The van der Waals surface area contributed by atoms with Gasteiger partial charge in [-0.2, -0.15) is 0 Å². The molecule has 0 aliphatic carbocycles. The fourth-order valence-electron chi connectivity index (χ4n) is 3.50. The Labute approximate surface area is 152 Å². The molecule has 2 aliphatic rings. The highest BCUT2D eigenvalue weighted by Gasteiger charge is 2.22. The summed E-state index contributed by atoms with van der Waals surface area (Å²) in [5.41, 5.74) is 0. The molecule has 130 valence electrons. The molecule has 2 heterocycles. The number of ether oxygens (including phenoxy) is 1. The van der Waals surface area contributed by atoms with Crippen LogP contribution >= 0.6 is 24.0 Å². The molecule has 0 aromatic heterocycles. The summed E-state index contributed by atoms with van der Waals surface area (Å²) < 4.78 is 5.46. The number of halogens is 1. The molecular weight excluding hydrogens is 391 g/mol. The Morgan fingerprint density at radius 1 is 1.36 bits per heavy atom. The number of guanidine groups is 1. The summed E-state index contributed by atoms with van der Waals surface area (Å²) in [6, 6.07) is 0.656. The van der Waals surface area contributed by atoms with Gasteiger partial charge in [-0.05, 0) is 32.4 Å². The Morgan fingerprint density at radius 2 is 2.18 bits per heavy atom. The highest BCUT2D eigenvalue weighted by Crippen LogP contribution is 2.16. The number of likely N-dealkylation sites (N-methyl/N-ethyl adjacent to an activating group) is 1. The van der Waals surface area contributed by atoms with E-state index in [9.17, 15) is 0 Å². The van der Waals surface area contributed by atoms with Crippen LogP contribution in [0.1, 0.15) is 32.6 Å². The van der Waals surface area contributed by atoms with Gasteiger partial charge >= 0.3 is 0 Å². The Bertz CT molecular complexity index is 334. The molecule has 0 bridgehead atoms. The van der Waals surface area contributed by atoms with Gasteiger partial charge in [-0.1, -0.05) is 13.3 Å². The summed E-state index contributed by atoms with van der Waals surface area (Å²) in [5, 5.41) is 3.57. The van der Waals surface area contributed by atoms with E-state index < -0.39 is 0 Å². The highest BCUT2D eigenvalue weighted by molar-refractivity contribution is 14.0. The molecule has 22 heavy (non-hydrogen) atoms. The quantitative estimate of drug-likeness (QED) is 0.417. The molecule has 0 aromatic carbocycles. The first-order chi connectivity index (χ1) is 10.2. The fourth-order valence-corrected chi connectivity index (χ4v) is 3.50. The number of likely N-dealkylation sites (tertiary alicyclic amines) is 1. The van der Waals surface area contributed by atoms with Crippen molar-refractivity contribution in [2.24, 2.45) is 10.9 Å². The van der Waals surface area contributed by atoms with Crippen LogP contribution in [0.15, 0.2) is 4.99 Å². The second kappa shape index (κ2) is 10.6. The van der Waals surface area contributed by atoms with Crippen molar-refractivity contribution in [2.45, 2.75) is 38.6 Å².